The number of alkyl halides is 2. The molecule has 0 fully saturated rings. The zero-order chi connectivity index (χ0) is 15.5. The van der Waals surface area contributed by atoms with E-state index in [0.717, 1.165) is 22.1 Å². The van der Waals surface area contributed by atoms with Gasteiger partial charge in [0, 0.05) is 21.1 Å². The fraction of sp³-hybridized carbons (Fsp3) is 0.333. The van der Waals surface area contributed by atoms with Crippen LogP contribution in [0.3, 0.4) is 0 Å². The Labute approximate surface area is 149 Å². The van der Waals surface area contributed by atoms with Crippen molar-refractivity contribution in [2.24, 2.45) is 0 Å². The van der Waals surface area contributed by atoms with E-state index in [0.29, 0.717) is 0 Å². The van der Waals surface area contributed by atoms with Crippen LogP contribution in [0.2, 0.25) is 5.02 Å². The maximum Gasteiger partial charge on any atom is 0.0408 e. The van der Waals surface area contributed by atoms with Crippen molar-refractivity contribution in [2.75, 3.05) is 10.7 Å². The van der Waals surface area contributed by atoms with E-state index in [-0.39, 0.29) is 5.41 Å². The van der Waals surface area contributed by atoms with E-state index in [4.69, 9.17) is 11.6 Å². The van der Waals surface area contributed by atoms with E-state index < -0.39 is 0 Å². The van der Waals surface area contributed by atoms with E-state index in [1.165, 1.54) is 22.3 Å². The first kappa shape index (κ1) is 17.1. The third-order valence-electron chi connectivity index (χ3n) is 3.98. The van der Waals surface area contributed by atoms with E-state index in [1.54, 1.807) is 0 Å². The molecule has 0 radical (unpaired) electrons. The molecule has 0 saturated heterocycles. The van der Waals surface area contributed by atoms with Crippen LogP contribution in [0.15, 0.2) is 42.5 Å². The van der Waals surface area contributed by atoms with Crippen LogP contribution in [0, 0.1) is 13.8 Å². The van der Waals surface area contributed by atoms with Crippen LogP contribution in [0.5, 0.6) is 0 Å². The Hall–Kier alpha value is -0.310. The van der Waals surface area contributed by atoms with Crippen molar-refractivity contribution < 1.29 is 0 Å². The normalized spacial score (nSPS) is 11.7. The standard InChI is InChI=1S/C18H19Br2Cl/c1-13-6-7-14(2)15(8-13)10-18(11-19,12-20)16-4-3-5-17(21)9-16/h3-9H,10-12H2,1-2H3. The molecule has 21 heavy (non-hydrogen) atoms. The van der Waals surface area contributed by atoms with Gasteiger partial charge >= 0.3 is 0 Å². The maximum absolute atomic E-state index is 6.19. The largest absolute Gasteiger partial charge is 0.0918 e. The van der Waals surface area contributed by atoms with Gasteiger partial charge in [0.1, 0.15) is 0 Å². The molecule has 0 aliphatic rings. The second-order valence-electron chi connectivity index (χ2n) is 5.66. The fourth-order valence-corrected chi connectivity index (χ4v) is 4.72. The summed E-state index contributed by atoms with van der Waals surface area (Å²) in [5.41, 5.74) is 5.32. The van der Waals surface area contributed by atoms with Gasteiger partial charge < -0.3 is 0 Å². The molecule has 112 valence electrons. The van der Waals surface area contributed by atoms with Crippen molar-refractivity contribution in [2.45, 2.75) is 25.7 Å². The van der Waals surface area contributed by atoms with Crippen LogP contribution in [0.1, 0.15) is 22.3 Å². The van der Waals surface area contributed by atoms with Crippen molar-refractivity contribution >= 4 is 43.5 Å². The summed E-state index contributed by atoms with van der Waals surface area (Å²) in [7, 11) is 0. The van der Waals surface area contributed by atoms with Gasteiger partial charge in [-0.1, -0.05) is 79.4 Å². The number of hydrogen-bond acceptors (Lipinski definition) is 0. The van der Waals surface area contributed by atoms with Gasteiger partial charge in [-0.05, 0) is 49.1 Å². The van der Waals surface area contributed by atoms with Gasteiger partial charge in [-0.25, -0.2) is 0 Å². The highest BCUT2D eigenvalue weighted by Crippen LogP contribution is 2.35. The minimum Gasteiger partial charge on any atom is -0.0918 e. The molecule has 0 aliphatic carbocycles. The topological polar surface area (TPSA) is 0 Å². The zero-order valence-electron chi connectivity index (χ0n) is 12.3. The number of benzene rings is 2. The molecule has 2 aromatic carbocycles. The van der Waals surface area contributed by atoms with Crippen molar-refractivity contribution in [3.05, 3.63) is 69.7 Å². The van der Waals surface area contributed by atoms with Crippen LogP contribution in [-0.2, 0) is 11.8 Å². The highest BCUT2D eigenvalue weighted by Gasteiger charge is 2.31. The highest BCUT2D eigenvalue weighted by molar-refractivity contribution is 9.09. The Balaban J connectivity index is 2.45. The molecular formula is C18H19Br2Cl. The maximum atomic E-state index is 6.19. The number of rotatable bonds is 5. The first-order valence-electron chi connectivity index (χ1n) is 6.95. The van der Waals surface area contributed by atoms with E-state index in [9.17, 15) is 0 Å². The molecule has 0 nitrogen and oxygen atoms in total. The monoisotopic (exact) mass is 428 g/mol. The number of hydrogen-bond donors (Lipinski definition) is 0. The minimum atomic E-state index is 0.00343. The van der Waals surface area contributed by atoms with Crippen LogP contribution < -0.4 is 0 Å². The molecule has 0 unspecified atom stereocenters. The first-order chi connectivity index (χ1) is 10.0. The van der Waals surface area contributed by atoms with Gasteiger partial charge in [-0.3, -0.25) is 0 Å². The molecule has 0 aliphatic heterocycles. The lowest BCUT2D eigenvalue weighted by Gasteiger charge is -2.32. The van der Waals surface area contributed by atoms with Crippen LogP contribution in [0.25, 0.3) is 0 Å². The van der Waals surface area contributed by atoms with Gasteiger partial charge in [0.25, 0.3) is 0 Å². The third kappa shape index (κ3) is 3.91. The summed E-state index contributed by atoms with van der Waals surface area (Å²) in [6.45, 7) is 4.33. The summed E-state index contributed by atoms with van der Waals surface area (Å²) < 4.78 is 0. The van der Waals surface area contributed by atoms with Crippen LogP contribution in [0.4, 0.5) is 0 Å². The zero-order valence-corrected chi connectivity index (χ0v) is 16.2. The van der Waals surface area contributed by atoms with Crippen LogP contribution in [-0.4, -0.2) is 10.7 Å². The van der Waals surface area contributed by atoms with Crippen LogP contribution >= 0.6 is 43.5 Å². The molecule has 2 rings (SSSR count). The van der Waals surface area contributed by atoms with Gasteiger partial charge in [0.2, 0.25) is 0 Å². The van der Waals surface area contributed by atoms with Gasteiger partial charge in [-0.2, -0.15) is 0 Å². The predicted octanol–water partition coefficient (Wildman–Crippen LogP) is 6.23. The second-order valence-corrected chi connectivity index (χ2v) is 7.22. The lowest BCUT2D eigenvalue weighted by atomic mass is 9.78. The summed E-state index contributed by atoms with van der Waals surface area (Å²) >= 11 is 13.6. The average molecular weight is 431 g/mol. The van der Waals surface area contributed by atoms with Crippen molar-refractivity contribution in [3.8, 4) is 0 Å². The average Bonchev–Trinajstić information content (AvgIpc) is 2.48. The Morgan fingerprint density at radius 3 is 2.33 bits per heavy atom. The Kier molecular flexibility index (Phi) is 5.93. The first-order valence-corrected chi connectivity index (χ1v) is 9.57. The predicted molar refractivity (Wildman–Crippen MR) is 100 cm³/mol. The highest BCUT2D eigenvalue weighted by atomic mass is 79.9. The Bertz CT molecular complexity index is 618. The molecule has 2 aromatic rings. The summed E-state index contributed by atoms with van der Waals surface area (Å²) in [5, 5.41) is 2.57. The molecule has 0 spiro atoms. The smallest absolute Gasteiger partial charge is 0.0408 e. The van der Waals surface area contributed by atoms with Crippen molar-refractivity contribution in [1.82, 2.24) is 0 Å². The summed E-state index contributed by atoms with van der Waals surface area (Å²) in [5.74, 6) is 0. The van der Waals surface area contributed by atoms with Gasteiger partial charge in [0.05, 0.1) is 0 Å². The molecule has 0 aromatic heterocycles. The van der Waals surface area contributed by atoms with Gasteiger partial charge in [0.15, 0.2) is 0 Å². The molecule has 3 heteroatoms. The third-order valence-corrected chi connectivity index (χ3v) is 6.36. The molecule has 0 amide bonds. The Morgan fingerprint density at radius 1 is 1.00 bits per heavy atom. The minimum absolute atomic E-state index is 0.00343. The summed E-state index contributed by atoms with van der Waals surface area (Å²) in [6, 6.07) is 14.9. The quantitative estimate of drug-likeness (QED) is 0.494. The molecular weight excluding hydrogens is 411 g/mol. The van der Waals surface area contributed by atoms with Crippen molar-refractivity contribution in [1.29, 1.82) is 0 Å². The summed E-state index contributed by atoms with van der Waals surface area (Å²) in [6.07, 6.45) is 0.983. The SMILES string of the molecule is Cc1ccc(C)c(CC(CBr)(CBr)c2cccc(Cl)c2)c1. The van der Waals surface area contributed by atoms with Gasteiger partial charge in [-0.15, -0.1) is 0 Å². The Morgan fingerprint density at radius 2 is 1.71 bits per heavy atom. The fourth-order valence-electron chi connectivity index (χ4n) is 2.56. The van der Waals surface area contributed by atoms with E-state index in [1.807, 2.05) is 12.1 Å². The van der Waals surface area contributed by atoms with E-state index in [2.05, 4.69) is 76.0 Å². The second kappa shape index (κ2) is 7.30. The van der Waals surface area contributed by atoms with Crippen molar-refractivity contribution in [3.63, 3.8) is 0 Å². The van der Waals surface area contributed by atoms with E-state index >= 15 is 0 Å². The lowest BCUT2D eigenvalue weighted by molar-refractivity contribution is 0.549. The summed E-state index contributed by atoms with van der Waals surface area (Å²) in [4.78, 5) is 0. The lowest BCUT2D eigenvalue weighted by Crippen LogP contribution is -2.33. The molecule has 0 saturated carbocycles. The molecule has 0 N–H and O–H groups in total. The molecule has 0 bridgehead atoms. The molecule has 0 heterocycles. The molecule has 0 atom stereocenters. The number of aryl methyl sites for hydroxylation is 2. The number of halogens is 3.